The van der Waals surface area contributed by atoms with Gasteiger partial charge in [-0.15, -0.1) is 0 Å². The fraction of sp³-hybridized carbons (Fsp3) is 0.300. The highest BCUT2D eigenvalue weighted by atomic mass is 35.5. The van der Waals surface area contributed by atoms with E-state index in [2.05, 4.69) is 15.0 Å². The zero-order valence-electron chi connectivity index (χ0n) is 15.5. The number of ether oxygens (including phenoxy) is 1. The van der Waals surface area contributed by atoms with Crippen LogP contribution in [0.4, 0.5) is 5.69 Å². The van der Waals surface area contributed by atoms with Crippen molar-refractivity contribution in [2.45, 2.75) is 24.2 Å². The van der Waals surface area contributed by atoms with E-state index in [0.29, 0.717) is 35.9 Å². The first kappa shape index (κ1) is 19.7. The second-order valence-electron chi connectivity index (χ2n) is 7.02. The first-order valence-corrected chi connectivity index (χ1v) is 11.2. The number of rotatable bonds is 4. The van der Waals surface area contributed by atoms with Crippen molar-refractivity contribution < 1.29 is 17.9 Å². The van der Waals surface area contributed by atoms with Crippen LogP contribution < -0.4 is 14.8 Å². The van der Waals surface area contributed by atoms with Crippen molar-refractivity contribution in [1.82, 2.24) is 4.72 Å². The van der Waals surface area contributed by atoms with Crippen molar-refractivity contribution in [3.63, 3.8) is 0 Å². The monoisotopic (exact) mass is 433 g/mol. The Morgan fingerprint density at radius 3 is 2.86 bits per heavy atom. The lowest BCUT2D eigenvalue weighted by atomic mass is 9.96. The molecule has 0 fully saturated rings. The van der Waals surface area contributed by atoms with Crippen LogP contribution in [0.1, 0.15) is 18.4 Å². The van der Waals surface area contributed by atoms with Gasteiger partial charge in [0.25, 0.3) is 10.0 Å². The van der Waals surface area contributed by atoms with Gasteiger partial charge >= 0.3 is 0 Å². The molecule has 0 saturated heterocycles. The smallest absolute Gasteiger partial charge is 0.262 e. The molecule has 2 aliphatic heterocycles. The molecule has 0 saturated carbocycles. The fourth-order valence-electron chi connectivity index (χ4n) is 3.35. The Kier molecular flexibility index (Phi) is 5.47. The first-order valence-electron chi connectivity index (χ1n) is 9.29. The zero-order chi connectivity index (χ0) is 20.4. The molecule has 4 rings (SSSR count). The fourth-order valence-corrected chi connectivity index (χ4v) is 4.68. The Hall–Kier alpha value is -2.58. The molecule has 2 aromatic carbocycles. The average molecular weight is 434 g/mol. The molecule has 0 aromatic heterocycles. The van der Waals surface area contributed by atoms with Gasteiger partial charge in [0.15, 0.2) is 0 Å². The molecule has 0 radical (unpaired) electrons. The number of benzene rings is 2. The Morgan fingerprint density at radius 2 is 2.07 bits per heavy atom. The van der Waals surface area contributed by atoms with E-state index in [9.17, 15) is 13.2 Å². The van der Waals surface area contributed by atoms with Gasteiger partial charge in [0.1, 0.15) is 18.2 Å². The van der Waals surface area contributed by atoms with Crippen molar-refractivity contribution in [1.29, 1.82) is 0 Å². The molecule has 1 atom stereocenters. The van der Waals surface area contributed by atoms with E-state index in [-0.39, 0.29) is 17.4 Å². The standard InChI is InChI=1S/C20H20ClN3O4S/c21-15-6-7-18-13(10-15)9-14(12-28-18)20(25)23-16-3-1-4-17(11-16)29(26,27)24-19-5-2-8-22-19/h1,3-4,6-7,10-11,14H,2,5,8-9,12H2,(H,22,24)(H,23,25)/t14-/m0/s1. The molecule has 2 aliphatic rings. The largest absolute Gasteiger partial charge is 0.492 e. The average Bonchev–Trinajstić information content (AvgIpc) is 3.20. The number of amides is 1. The summed E-state index contributed by atoms with van der Waals surface area (Å²) >= 11 is 6.03. The summed E-state index contributed by atoms with van der Waals surface area (Å²) in [5.41, 5.74) is 1.28. The summed E-state index contributed by atoms with van der Waals surface area (Å²) in [6.45, 7) is 0.881. The molecule has 0 unspecified atom stereocenters. The topological polar surface area (TPSA) is 96.9 Å². The van der Waals surface area contributed by atoms with E-state index in [1.807, 2.05) is 0 Å². The van der Waals surface area contributed by atoms with Gasteiger partial charge in [0.2, 0.25) is 5.91 Å². The highest BCUT2D eigenvalue weighted by molar-refractivity contribution is 7.90. The Labute approximate surface area is 174 Å². The third kappa shape index (κ3) is 4.54. The van der Waals surface area contributed by atoms with Gasteiger partial charge in [-0.1, -0.05) is 17.7 Å². The van der Waals surface area contributed by atoms with Gasteiger partial charge in [-0.2, -0.15) is 0 Å². The molecule has 0 bridgehead atoms. The SMILES string of the molecule is O=C(Nc1cccc(S(=O)(=O)NC2=NCCC2)c1)[C@@H]1COc2ccc(Cl)cc2C1. The maximum absolute atomic E-state index is 12.7. The second kappa shape index (κ2) is 8.04. The third-order valence-electron chi connectivity index (χ3n) is 4.84. The number of hydrogen-bond donors (Lipinski definition) is 2. The summed E-state index contributed by atoms with van der Waals surface area (Å²) in [6.07, 6.45) is 1.95. The van der Waals surface area contributed by atoms with Crippen molar-refractivity contribution in [2.75, 3.05) is 18.5 Å². The van der Waals surface area contributed by atoms with Gasteiger partial charge < -0.3 is 10.1 Å². The van der Waals surface area contributed by atoms with E-state index in [0.717, 1.165) is 17.7 Å². The van der Waals surface area contributed by atoms with Gasteiger partial charge in [-0.25, -0.2) is 8.42 Å². The minimum atomic E-state index is -3.74. The van der Waals surface area contributed by atoms with E-state index < -0.39 is 15.9 Å². The number of nitrogens with zero attached hydrogens (tertiary/aromatic N) is 1. The molecule has 2 aromatic rings. The summed E-state index contributed by atoms with van der Waals surface area (Å²) in [6, 6.07) is 11.5. The maximum atomic E-state index is 12.7. The molecular weight excluding hydrogens is 414 g/mol. The number of hydrogen-bond acceptors (Lipinski definition) is 5. The number of carbonyl (C=O) groups excluding carboxylic acids is 1. The van der Waals surface area contributed by atoms with Gasteiger partial charge in [-0.3, -0.25) is 14.5 Å². The molecule has 9 heteroatoms. The van der Waals surface area contributed by atoms with Crippen LogP contribution in [0.2, 0.25) is 5.02 Å². The van der Waals surface area contributed by atoms with Gasteiger partial charge in [-0.05, 0) is 54.8 Å². The lowest BCUT2D eigenvalue weighted by Gasteiger charge is -2.24. The Bertz CT molecular complexity index is 1080. The van der Waals surface area contributed by atoms with Crippen LogP contribution in [-0.2, 0) is 21.2 Å². The lowest BCUT2D eigenvalue weighted by Crippen LogP contribution is -2.32. The maximum Gasteiger partial charge on any atom is 0.262 e. The first-order chi connectivity index (χ1) is 13.9. The zero-order valence-corrected chi connectivity index (χ0v) is 17.1. The highest BCUT2D eigenvalue weighted by Gasteiger charge is 2.27. The number of nitrogens with one attached hydrogen (secondary N) is 2. The predicted octanol–water partition coefficient (Wildman–Crippen LogP) is 3.00. The van der Waals surface area contributed by atoms with E-state index >= 15 is 0 Å². The quantitative estimate of drug-likeness (QED) is 0.774. The molecule has 1 amide bonds. The predicted molar refractivity (Wildman–Crippen MR) is 111 cm³/mol. The van der Waals surface area contributed by atoms with Crippen molar-refractivity contribution >= 4 is 39.1 Å². The summed E-state index contributed by atoms with van der Waals surface area (Å²) in [4.78, 5) is 16.9. The highest BCUT2D eigenvalue weighted by Crippen LogP contribution is 2.30. The number of aliphatic imine (C=N–C) groups is 1. The minimum Gasteiger partial charge on any atom is -0.492 e. The van der Waals surface area contributed by atoms with E-state index in [1.165, 1.54) is 12.1 Å². The van der Waals surface area contributed by atoms with Crippen LogP contribution in [0.3, 0.4) is 0 Å². The van der Waals surface area contributed by atoms with Crippen LogP contribution in [0, 0.1) is 5.92 Å². The van der Waals surface area contributed by atoms with Gasteiger partial charge in [0, 0.05) is 23.7 Å². The molecule has 7 nitrogen and oxygen atoms in total. The van der Waals surface area contributed by atoms with Crippen molar-refractivity contribution in [3.8, 4) is 5.75 Å². The Morgan fingerprint density at radius 1 is 1.21 bits per heavy atom. The number of sulfonamides is 1. The van der Waals surface area contributed by atoms with E-state index in [4.69, 9.17) is 16.3 Å². The number of carbonyl (C=O) groups is 1. The van der Waals surface area contributed by atoms with Gasteiger partial charge in [0.05, 0.1) is 10.8 Å². The molecule has 152 valence electrons. The molecule has 2 heterocycles. The summed E-state index contributed by atoms with van der Waals surface area (Å²) in [5, 5.41) is 3.38. The summed E-state index contributed by atoms with van der Waals surface area (Å²) in [7, 11) is -3.74. The second-order valence-corrected chi connectivity index (χ2v) is 9.14. The normalized spacial score (nSPS) is 18.4. The molecule has 29 heavy (non-hydrogen) atoms. The van der Waals surface area contributed by atoms with Crippen LogP contribution in [0.15, 0.2) is 52.4 Å². The molecule has 2 N–H and O–H groups in total. The van der Waals surface area contributed by atoms with Crippen LogP contribution in [0.5, 0.6) is 5.75 Å². The van der Waals surface area contributed by atoms with Crippen LogP contribution in [0.25, 0.3) is 0 Å². The number of amidine groups is 1. The summed E-state index contributed by atoms with van der Waals surface area (Å²) in [5.74, 6) is 0.564. The number of anilines is 1. The van der Waals surface area contributed by atoms with Crippen LogP contribution in [-0.4, -0.2) is 33.3 Å². The molecular formula is C20H20ClN3O4S. The molecule has 0 spiro atoms. The lowest BCUT2D eigenvalue weighted by molar-refractivity contribution is -0.121. The number of fused-ring (bicyclic) bond motifs is 1. The molecule has 0 aliphatic carbocycles. The Balaban J connectivity index is 1.46. The van der Waals surface area contributed by atoms with Crippen molar-refractivity contribution in [2.24, 2.45) is 10.9 Å². The van der Waals surface area contributed by atoms with E-state index in [1.54, 1.807) is 30.3 Å². The minimum absolute atomic E-state index is 0.0712. The van der Waals surface area contributed by atoms with Crippen molar-refractivity contribution in [3.05, 3.63) is 53.1 Å². The third-order valence-corrected chi connectivity index (χ3v) is 6.45. The summed E-state index contributed by atoms with van der Waals surface area (Å²) < 4.78 is 33.3. The van der Waals surface area contributed by atoms with Crippen LogP contribution >= 0.6 is 11.6 Å². The number of halogens is 1.